The van der Waals surface area contributed by atoms with E-state index in [4.69, 9.17) is 0 Å². The molecule has 0 aliphatic carbocycles. The first-order chi connectivity index (χ1) is 11.4. The molecule has 0 aliphatic rings. The van der Waals surface area contributed by atoms with Crippen LogP contribution < -0.4 is 16.8 Å². The second-order valence-electron chi connectivity index (χ2n) is 5.27. The van der Waals surface area contributed by atoms with Gasteiger partial charge in [-0.25, -0.2) is 9.78 Å². The number of H-pyrrole nitrogens is 2. The van der Waals surface area contributed by atoms with Gasteiger partial charge in [0.05, 0.1) is 6.10 Å². The van der Waals surface area contributed by atoms with Gasteiger partial charge in [-0.2, -0.15) is 0 Å². The molecule has 2 heterocycles. The highest BCUT2D eigenvalue weighted by atomic mass is 79.9. The average Bonchev–Trinajstić information content (AvgIpc) is 2.54. The molecule has 0 aliphatic heterocycles. The number of hydrogen-bond donors (Lipinski definition) is 3. The van der Waals surface area contributed by atoms with Gasteiger partial charge in [0.15, 0.2) is 5.52 Å². The molecule has 2 aromatic heterocycles. The highest BCUT2D eigenvalue weighted by Crippen LogP contribution is 2.24. The monoisotopic (exact) mass is 392 g/mol. The number of aromatic amines is 2. The minimum Gasteiger partial charge on any atom is -0.388 e. The predicted octanol–water partition coefficient (Wildman–Crippen LogP) is 0.349. The molecule has 1 unspecified atom stereocenters. The van der Waals surface area contributed by atoms with Gasteiger partial charge >= 0.3 is 5.69 Å². The van der Waals surface area contributed by atoms with Crippen molar-refractivity contribution in [3.8, 4) is 0 Å². The number of fused-ring (bicyclic) bond motifs is 1. The molecule has 9 heteroatoms. The van der Waals surface area contributed by atoms with Crippen LogP contribution in [-0.2, 0) is 13.5 Å². The van der Waals surface area contributed by atoms with E-state index in [0.717, 1.165) is 4.57 Å². The van der Waals surface area contributed by atoms with E-state index in [1.807, 2.05) is 0 Å². The summed E-state index contributed by atoms with van der Waals surface area (Å²) in [4.78, 5) is 44.3. The minimum absolute atomic E-state index is 0.00917. The van der Waals surface area contributed by atoms with Gasteiger partial charge < -0.3 is 10.1 Å². The van der Waals surface area contributed by atoms with Gasteiger partial charge in [0.1, 0.15) is 11.3 Å². The standard InChI is InChI=1S/C15H13BrN4O4/c1-20-12-11(14(23)19-15(20)24)17-9(13(22)18-12)6-10(21)7-4-2-3-5-8(7)16/h2-5,10,21H,6H2,1H3,(H,18,22)(H,19,23,24). The molecule has 8 nitrogen and oxygen atoms in total. The van der Waals surface area contributed by atoms with Gasteiger partial charge in [0.25, 0.3) is 11.1 Å². The van der Waals surface area contributed by atoms with Crippen LogP contribution in [0.15, 0.2) is 43.1 Å². The number of nitrogens with zero attached hydrogens (tertiary/aromatic N) is 2. The third kappa shape index (κ3) is 2.83. The zero-order valence-corrected chi connectivity index (χ0v) is 14.1. The van der Waals surface area contributed by atoms with Crippen molar-refractivity contribution in [3.05, 3.63) is 71.2 Å². The normalized spacial score (nSPS) is 12.5. The second kappa shape index (κ2) is 6.17. The van der Waals surface area contributed by atoms with E-state index in [-0.39, 0.29) is 23.3 Å². The Morgan fingerprint density at radius 1 is 1.21 bits per heavy atom. The highest BCUT2D eigenvalue weighted by molar-refractivity contribution is 9.10. The molecule has 3 N–H and O–H groups in total. The van der Waals surface area contributed by atoms with Crippen LogP contribution in [0.2, 0.25) is 0 Å². The van der Waals surface area contributed by atoms with Crippen LogP contribution in [-0.4, -0.2) is 24.6 Å². The van der Waals surface area contributed by atoms with E-state index in [9.17, 15) is 19.5 Å². The number of hydrogen-bond acceptors (Lipinski definition) is 5. The lowest BCUT2D eigenvalue weighted by atomic mass is 10.1. The first-order valence-corrected chi connectivity index (χ1v) is 7.82. The first-order valence-electron chi connectivity index (χ1n) is 7.03. The Bertz CT molecular complexity index is 1100. The Balaban J connectivity index is 2.10. The van der Waals surface area contributed by atoms with Crippen molar-refractivity contribution in [1.29, 1.82) is 0 Å². The molecular formula is C15H13BrN4O4. The molecule has 3 rings (SSSR count). The zero-order chi connectivity index (χ0) is 17.4. The van der Waals surface area contributed by atoms with Gasteiger partial charge in [0, 0.05) is 17.9 Å². The third-order valence-corrected chi connectivity index (χ3v) is 4.41. The summed E-state index contributed by atoms with van der Waals surface area (Å²) in [5.41, 5.74) is -1.32. The Morgan fingerprint density at radius 3 is 2.62 bits per heavy atom. The SMILES string of the molecule is Cn1c(=O)[nH]c(=O)c2nc(CC(O)c3ccccc3Br)c(=O)[nH]c21. The number of aryl methyl sites for hydroxylation is 1. The Kier molecular flexibility index (Phi) is 4.20. The van der Waals surface area contributed by atoms with Gasteiger partial charge in [-0.05, 0) is 11.6 Å². The summed E-state index contributed by atoms with van der Waals surface area (Å²) in [5.74, 6) is 0. The third-order valence-electron chi connectivity index (χ3n) is 3.69. The van der Waals surface area contributed by atoms with Crippen molar-refractivity contribution >= 4 is 27.1 Å². The van der Waals surface area contributed by atoms with E-state index < -0.39 is 22.9 Å². The fourth-order valence-corrected chi connectivity index (χ4v) is 2.95. The highest BCUT2D eigenvalue weighted by Gasteiger charge is 2.17. The average molecular weight is 393 g/mol. The topological polar surface area (TPSA) is 121 Å². The van der Waals surface area contributed by atoms with Crippen LogP contribution >= 0.6 is 15.9 Å². The fourth-order valence-electron chi connectivity index (χ4n) is 2.40. The van der Waals surface area contributed by atoms with Crippen molar-refractivity contribution in [2.45, 2.75) is 12.5 Å². The summed E-state index contributed by atoms with van der Waals surface area (Å²) in [6, 6.07) is 7.07. The smallest absolute Gasteiger partial charge is 0.329 e. The summed E-state index contributed by atoms with van der Waals surface area (Å²) in [6.45, 7) is 0. The number of halogens is 1. The molecule has 1 aromatic carbocycles. The Hall–Kier alpha value is -2.52. The second-order valence-corrected chi connectivity index (χ2v) is 6.12. The molecular weight excluding hydrogens is 380 g/mol. The van der Waals surface area contributed by atoms with Gasteiger partial charge in [-0.15, -0.1) is 0 Å². The van der Waals surface area contributed by atoms with Crippen LogP contribution in [0.4, 0.5) is 0 Å². The van der Waals surface area contributed by atoms with E-state index in [0.29, 0.717) is 10.0 Å². The number of benzene rings is 1. The maximum atomic E-state index is 12.2. The number of aliphatic hydroxyl groups is 1. The molecule has 0 spiro atoms. The van der Waals surface area contributed by atoms with Crippen LogP contribution in [0.5, 0.6) is 0 Å². The molecule has 0 amide bonds. The van der Waals surface area contributed by atoms with Crippen molar-refractivity contribution in [2.24, 2.45) is 7.05 Å². The van der Waals surface area contributed by atoms with Crippen molar-refractivity contribution in [1.82, 2.24) is 19.5 Å². The lowest BCUT2D eigenvalue weighted by Crippen LogP contribution is -2.32. The summed E-state index contributed by atoms with van der Waals surface area (Å²) in [6.07, 6.45) is -1.05. The molecule has 3 aromatic rings. The zero-order valence-electron chi connectivity index (χ0n) is 12.5. The number of rotatable bonds is 3. The molecule has 0 fully saturated rings. The Morgan fingerprint density at radius 2 is 1.92 bits per heavy atom. The molecule has 124 valence electrons. The molecule has 0 radical (unpaired) electrons. The van der Waals surface area contributed by atoms with Gasteiger partial charge in [-0.1, -0.05) is 34.1 Å². The Labute approximate surface area is 142 Å². The summed E-state index contributed by atoms with van der Waals surface area (Å²) in [5, 5.41) is 10.4. The number of aliphatic hydroxyl groups excluding tert-OH is 1. The van der Waals surface area contributed by atoms with E-state index in [1.165, 1.54) is 7.05 Å². The first kappa shape index (κ1) is 16.3. The lowest BCUT2D eigenvalue weighted by Gasteiger charge is -2.12. The minimum atomic E-state index is -0.974. The van der Waals surface area contributed by atoms with Crippen LogP contribution in [0.25, 0.3) is 11.2 Å². The van der Waals surface area contributed by atoms with Gasteiger partial charge in [-0.3, -0.25) is 19.1 Å². The maximum absolute atomic E-state index is 12.2. The largest absolute Gasteiger partial charge is 0.388 e. The molecule has 0 saturated heterocycles. The van der Waals surface area contributed by atoms with Crippen LogP contribution in [0.1, 0.15) is 17.4 Å². The maximum Gasteiger partial charge on any atom is 0.329 e. The van der Waals surface area contributed by atoms with Crippen molar-refractivity contribution in [2.75, 3.05) is 0 Å². The molecule has 0 bridgehead atoms. The van der Waals surface area contributed by atoms with E-state index in [1.54, 1.807) is 24.3 Å². The summed E-state index contributed by atoms with van der Waals surface area (Å²) < 4.78 is 1.80. The summed E-state index contributed by atoms with van der Waals surface area (Å²) in [7, 11) is 1.41. The quantitative estimate of drug-likeness (QED) is 0.593. The molecule has 1 atom stereocenters. The summed E-state index contributed by atoms with van der Waals surface area (Å²) >= 11 is 3.34. The molecule has 24 heavy (non-hydrogen) atoms. The van der Waals surface area contributed by atoms with E-state index >= 15 is 0 Å². The van der Waals surface area contributed by atoms with Crippen LogP contribution in [0.3, 0.4) is 0 Å². The lowest BCUT2D eigenvalue weighted by molar-refractivity contribution is 0.176. The molecule has 0 saturated carbocycles. The van der Waals surface area contributed by atoms with Crippen molar-refractivity contribution < 1.29 is 5.11 Å². The van der Waals surface area contributed by atoms with Crippen LogP contribution in [0, 0.1) is 0 Å². The number of aromatic nitrogens is 4. The predicted molar refractivity (Wildman–Crippen MR) is 91.0 cm³/mol. The fraction of sp³-hybridized carbons (Fsp3) is 0.200. The van der Waals surface area contributed by atoms with E-state index in [2.05, 4.69) is 30.9 Å². The number of nitrogens with one attached hydrogen (secondary N) is 2. The van der Waals surface area contributed by atoms with Gasteiger partial charge in [0.2, 0.25) is 0 Å². The van der Waals surface area contributed by atoms with Crippen molar-refractivity contribution in [3.63, 3.8) is 0 Å².